The Labute approximate surface area is 56.5 Å². The molecule has 0 bridgehead atoms. The maximum absolute atomic E-state index is 9.92. The average molecular weight is 146 g/mol. The van der Waals surface area contributed by atoms with Crippen LogP contribution in [0.25, 0.3) is 0 Å². The molecular weight excluding hydrogens is 140 g/mol. The summed E-state index contributed by atoms with van der Waals surface area (Å²) in [4.78, 5) is 19.8. The van der Waals surface area contributed by atoms with Crippen LogP contribution in [0.1, 0.15) is 0 Å². The molecule has 0 aromatic rings. The van der Waals surface area contributed by atoms with Gasteiger partial charge in [0.1, 0.15) is 6.79 Å². The minimum Gasteiger partial charge on any atom is -0.387 e. The lowest BCUT2D eigenvalue weighted by Crippen LogP contribution is -1.96. The van der Waals surface area contributed by atoms with Gasteiger partial charge in [-0.25, -0.2) is 9.59 Å². The van der Waals surface area contributed by atoms with Gasteiger partial charge in [-0.1, -0.05) is 0 Å². The minimum atomic E-state index is -0.750. The lowest BCUT2D eigenvalue weighted by Gasteiger charge is -1.80. The van der Waals surface area contributed by atoms with Gasteiger partial charge < -0.3 is 14.9 Å². The van der Waals surface area contributed by atoms with Gasteiger partial charge in [-0.3, -0.25) is 0 Å². The van der Waals surface area contributed by atoms with Gasteiger partial charge in [-0.05, 0) is 0 Å². The first-order valence-electron chi connectivity index (χ1n) is 2.36. The Hall–Kier alpha value is -1.20. The Morgan fingerprint density at radius 3 is 1.60 bits per heavy atom. The van der Waals surface area contributed by atoms with Gasteiger partial charge in [0.25, 0.3) is 0 Å². The van der Waals surface area contributed by atoms with Crippen molar-refractivity contribution in [2.24, 2.45) is 0 Å². The van der Waals surface area contributed by atoms with Crippen molar-refractivity contribution < 1.29 is 24.5 Å². The number of ether oxygens (including phenoxy) is 1. The smallest absolute Gasteiger partial charge is 0.338 e. The number of carbonyl (C=O) groups excluding carboxylic acids is 2. The van der Waals surface area contributed by atoms with Crippen LogP contribution in [0.5, 0.6) is 0 Å². The average Bonchev–Trinajstić information content (AvgIpc) is 2.17. The molecule has 0 unspecified atom stereocenters. The lowest BCUT2D eigenvalue weighted by molar-refractivity contribution is -0.150. The van der Waals surface area contributed by atoms with Crippen LogP contribution in [0.15, 0.2) is 12.2 Å². The monoisotopic (exact) mass is 146 g/mol. The van der Waals surface area contributed by atoms with Gasteiger partial charge in [0.15, 0.2) is 0 Å². The highest BCUT2D eigenvalue weighted by Crippen LogP contribution is 1.92. The Bertz CT molecular complexity index is 143. The van der Waals surface area contributed by atoms with Crippen molar-refractivity contribution in [3.63, 3.8) is 0 Å². The Morgan fingerprint density at radius 1 is 1.20 bits per heavy atom. The van der Waals surface area contributed by atoms with Crippen molar-refractivity contribution in [1.82, 2.24) is 0 Å². The molecule has 0 aliphatic carbocycles. The molecule has 1 aliphatic rings. The largest absolute Gasteiger partial charge is 0.387 e. The number of aliphatic hydroxyl groups is 2. The topological polar surface area (TPSA) is 83.8 Å². The minimum absolute atomic E-state index is 0.579. The van der Waals surface area contributed by atoms with E-state index in [4.69, 9.17) is 10.2 Å². The van der Waals surface area contributed by atoms with Gasteiger partial charge in [0.2, 0.25) is 0 Å². The highest BCUT2D eigenvalue weighted by molar-refractivity contribution is 6.04. The van der Waals surface area contributed by atoms with Crippen molar-refractivity contribution >= 4 is 11.9 Å². The van der Waals surface area contributed by atoms with Gasteiger partial charge >= 0.3 is 11.9 Å². The summed E-state index contributed by atoms with van der Waals surface area (Å²) >= 11 is 0. The van der Waals surface area contributed by atoms with E-state index >= 15 is 0 Å². The van der Waals surface area contributed by atoms with Crippen molar-refractivity contribution in [2.75, 3.05) is 6.79 Å². The number of esters is 2. The number of cyclic esters (lactones) is 2. The summed E-state index contributed by atoms with van der Waals surface area (Å²) in [6, 6.07) is 0. The van der Waals surface area contributed by atoms with Crippen LogP contribution >= 0.6 is 0 Å². The molecule has 2 N–H and O–H groups in total. The van der Waals surface area contributed by atoms with Crippen molar-refractivity contribution in [2.45, 2.75) is 0 Å². The van der Waals surface area contributed by atoms with Crippen LogP contribution in [-0.4, -0.2) is 28.9 Å². The van der Waals surface area contributed by atoms with Gasteiger partial charge in [0, 0.05) is 12.2 Å². The predicted molar refractivity (Wildman–Crippen MR) is 29.5 cm³/mol. The first kappa shape index (κ1) is 8.80. The van der Waals surface area contributed by atoms with Crippen molar-refractivity contribution in [3.05, 3.63) is 12.2 Å². The zero-order chi connectivity index (χ0) is 7.98. The fraction of sp³-hybridized carbons (Fsp3) is 0.200. The lowest BCUT2D eigenvalue weighted by atomic mass is 10.6. The molecule has 5 heteroatoms. The summed E-state index contributed by atoms with van der Waals surface area (Å²) in [5.74, 6) is -1.16. The van der Waals surface area contributed by atoms with Gasteiger partial charge in [-0.2, -0.15) is 0 Å². The number of rotatable bonds is 0. The van der Waals surface area contributed by atoms with E-state index in [1.54, 1.807) is 0 Å². The van der Waals surface area contributed by atoms with E-state index in [0.717, 1.165) is 12.2 Å². The van der Waals surface area contributed by atoms with Gasteiger partial charge in [-0.15, -0.1) is 0 Å². The number of carbonyl (C=O) groups is 2. The first-order chi connectivity index (χ1) is 4.70. The zero-order valence-electron chi connectivity index (χ0n) is 4.98. The molecule has 0 aromatic carbocycles. The normalized spacial score (nSPS) is 14.2. The second-order valence-corrected chi connectivity index (χ2v) is 1.21. The second-order valence-electron chi connectivity index (χ2n) is 1.21. The van der Waals surface area contributed by atoms with Crippen LogP contribution in [0.3, 0.4) is 0 Å². The molecule has 0 radical (unpaired) electrons. The standard InChI is InChI=1S/C4H2O3.CH4O2/c5-3-1-2-4(6)7-3;2-1-3/h1-2H;2-3H,1H2. The van der Waals surface area contributed by atoms with E-state index in [1.165, 1.54) is 0 Å². The van der Waals surface area contributed by atoms with Gasteiger partial charge in [0.05, 0.1) is 0 Å². The third-order valence-corrected chi connectivity index (χ3v) is 0.557. The van der Waals surface area contributed by atoms with Crippen LogP contribution in [-0.2, 0) is 14.3 Å². The first-order valence-corrected chi connectivity index (χ1v) is 2.36. The van der Waals surface area contributed by atoms with Crippen LogP contribution in [0, 0.1) is 0 Å². The summed E-state index contributed by atoms with van der Waals surface area (Å²) in [5.41, 5.74) is 0. The molecule has 1 heterocycles. The Balaban J connectivity index is 0.000000236. The molecule has 0 saturated heterocycles. The summed E-state index contributed by atoms with van der Waals surface area (Å²) in [5, 5.41) is 14.2. The van der Waals surface area contributed by atoms with E-state index in [2.05, 4.69) is 4.74 Å². The number of hydrogen-bond donors (Lipinski definition) is 2. The maximum atomic E-state index is 9.92. The molecule has 1 rings (SSSR count). The molecule has 0 spiro atoms. The molecular formula is C5H6O5. The number of aliphatic hydroxyl groups excluding tert-OH is 1. The Morgan fingerprint density at radius 2 is 1.50 bits per heavy atom. The fourth-order valence-electron chi connectivity index (χ4n) is 0.303. The van der Waals surface area contributed by atoms with Crippen molar-refractivity contribution in [3.8, 4) is 0 Å². The highest BCUT2D eigenvalue weighted by atomic mass is 16.6. The summed E-state index contributed by atoms with van der Waals surface area (Å²) in [7, 11) is 0. The number of hydrogen-bond acceptors (Lipinski definition) is 5. The molecule has 0 aromatic heterocycles. The van der Waals surface area contributed by atoms with Crippen LogP contribution in [0.2, 0.25) is 0 Å². The molecule has 5 nitrogen and oxygen atoms in total. The predicted octanol–water partition coefficient (Wildman–Crippen LogP) is -1.45. The Kier molecular flexibility index (Phi) is 4.10. The molecule has 0 saturated carbocycles. The summed E-state index contributed by atoms with van der Waals surface area (Å²) in [6.45, 7) is -0.750. The van der Waals surface area contributed by atoms with Crippen LogP contribution in [0.4, 0.5) is 0 Å². The van der Waals surface area contributed by atoms with Crippen molar-refractivity contribution in [1.29, 1.82) is 0 Å². The third-order valence-electron chi connectivity index (χ3n) is 0.557. The molecule has 1 aliphatic heterocycles. The second kappa shape index (κ2) is 4.66. The fourth-order valence-corrected chi connectivity index (χ4v) is 0.303. The van der Waals surface area contributed by atoms with Crippen LogP contribution < -0.4 is 0 Å². The summed E-state index contributed by atoms with van der Waals surface area (Å²) < 4.78 is 3.97. The molecule has 0 atom stereocenters. The van der Waals surface area contributed by atoms with E-state index in [9.17, 15) is 9.59 Å². The van der Waals surface area contributed by atoms with E-state index in [0.29, 0.717) is 0 Å². The summed E-state index contributed by atoms with van der Waals surface area (Å²) in [6.07, 6.45) is 2.17. The molecule has 10 heavy (non-hydrogen) atoms. The third kappa shape index (κ3) is 3.76. The zero-order valence-corrected chi connectivity index (χ0v) is 4.98. The molecule has 56 valence electrons. The molecule has 0 amide bonds. The maximum Gasteiger partial charge on any atom is 0.338 e. The van der Waals surface area contributed by atoms with E-state index in [1.807, 2.05) is 0 Å². The molecule has 0 fully saturated rings. The van der Waals surface area contributed by atoms with E-state index in [-0.39, 0.29) is 0 Å². The van der Waals surface area contributed by atoms with E-state index < -0.39 is 18.7 Å². The highest BCUT2D eigenvalue weighted by Gasteiger charge is 2.10. The quantitative estimate of drug-likeness (QED) is 0.248. The SMILES string of the molecule is O=C1C=CC(=O)O1.OCO.